The highest BCUT2D eigenvalue weighted by Gasteiger charge is 2.11. The van der Waals surface area contributed by atoms with E-state index in [2.05, 4.69) is 22.1 Å². The van der Waals surface area contributed by atoms with Crippen molar-refractivity contribution in [3.8, 4) is 11.3 Å². The lowest BCUT2D eigenvalue weighted by atomic mass is 10.1. The number of rotatable bonds is 4. The summed E-state index contributed by atoms with van der Waals surface area (Å²) >= 11 is 18.2. The van der Waals surface area contributed by atoms with E-state index >= 15 is 0 Å². The van der Waals surface area contributed by atoms with Crippen molar-refractivity contribution in [2.24, 2.45) is 0 Å². The molecule has 2 aromatic carbocycles. The van der Waals surface area contributed by atoms with Gasteiger partial charge in [-0.3, -0.25) is 0 Å². The van der Waals surface area contributed by atoms with Gasteiger partial charge in [0.15, 0.2) is 0 Å². The molecule has 3 rings (SSSR count). The minimum absolute atomic E-state index is 0.440. The third-order valence-electron chi connectivity index (χ3n) is 3.41. The maximum Gasteiger partial charge on any atom is 0.107 e. The Balaban J connectivity index is 1.78. The molecular weight excluding hydrogens is 339 g/mol. The smallest absolute Gasteiger partial charge is 0.107 e. The molecule has 0 aliphatic rings. The van der Waals surface area contributed by atoms with Gasteiger partial charge >= 0.3 is 0 Å². The van der Waals surface area contributed by atoms with Gasteiger partial charge in [-0.05, 0) is 24.1 Å². The first-order valence-electron chi connectivity index (χ1n) is 6.86. The van der Waals surface area contributed by atoms with Gasteiger partial charge < -0.3 is 4.98 Å². The molecule has 112 valence electrons. The van der Waals surface area contributed by atoms with Crippen LogP contribution in [0.1, 0.15) is 11.4 Å². The van der Waals surface area contributed by atoms with Crippen LogP contribution in [0, 0.1) is 0 Å². The van der Waals surface area contributed by atoms with Crippen molar-refractivity contribution < 1.29 is 0 Å². The monoisotopic (exact) mass is 350 g/mol. The van der Waals surface area contributed by atoms with Crippen LogP contribution < -0.4 is 0 Å². The standard InChI is InChI=1S/C17H13Cl3N2/c18-13-9-15(20)14(19)8-12(13)16-10-21-17(22-16)7-6-11-4-2-1-3-5-11/h1-5,8-10H,6-7H2,(H,21,22). The van der Waals surface area contributed by atoms with Crippen molar-refractivity contribution in [2.75, 3.05) is 0 Å². The average molecular weight is 352 g/mol. The van der Waals surface area contributed by atoms with Gasteiger partial charge in [-0.2, -0.15) is 0 Å². The summed E-state index contributed by atoms with van der Waals surface area (Å²) in [6, 6.07) is 13.7. The number of aryl methyl sites for hydroxylation is 2. The fourth-order valence-corrected chi connectivity index (χ4v) is 2.90. The predicted molar refractivity (Wildman–Crippen MR) is 92.9 cm³/mol. The van der Waals surface area contributed by atoms with Crippen molar-refractivity contribution in [3.63, 3.8) is 0 Å². The van der Waals surface area contributed by atoms with Crippen molar-refractivity contribution in [3.05, 3.63) is 75.1 Å². The van der Waals surface area contributed by atoms with Crippen LogP contribution in [-0.4, -0.2) is 9.97 Å². The summed E-state index contributed by atoms with van der Waals surface area (Å²) in [5.74, 6) is 0.918. The summed E-state index contributed by atoms with van der Waals surface area (Å²) in [5, 5.41) is 1.45. The van der Waals surface area contributed by atoms with Crippen LogP contribution in [0.15, 0.2) is 48.7 Å². The Morgan fingerprint density at radius 3 is 2.36 bits per heavy atom. The lowest BCUT2D eigenvalue weighted by Crippen LogP contribution is -1.93. The molecular formula is C17H13Cl3N2. The number of aromatic amines is 1. The summed E-state index contributed by atoms with van der Waals surface area (Å²) in [4.78, 5) is 7.78. The normalized spacial score (nSPS) is 10.9. The van der Waals surface area contributed by atoms with E-state index in [0.29, 0.717) is 15.1 Å². The van der Waals surface area contributed by atoms with Gasteiger partial charge in [0, 0.05) is 18.2 Å². The molecule has 0 spiro atoms. The predicted octanol–water partition coefficient (Wildman–Crippen LogP) is 5.82. The lowest BCUT2D eigenvalue weighted by Gasteiger charge is -2.03. The van der Waals surface area contributed by atoms with E-state index in [1.807, 2.05) is 24.4 Å². The highest BCUT2D eigenvalue weighted by molar-refractivity contribution is 6.44. The van der Waals surface area contributed by atoms with Crippen LogP contribution in [0.25, 0.3) is 11.3 Å². The highest BCUT2D eigenvalue weighted by atomic mass is 35.5. The minimum atomic E-state index is 0.440. The molecule has 3 aromatic rings. The van der Waals surface area contributed by atoms with Gasteiger partial charge in [0.1, 0.15) is 5.82 Å². The van der Waals surface area contributed by atoms with Crippen molar-refractivity contribution in [1.82, 2.24) is 9.97 Å². The molecule has 0 bridgehead atoms. The number of benzene rings is 2. The number of halogens is 3. The van der Waals surface area contributed by atoms with Crippen LogP contribution in [-0.2, 0) is 12.8 Å². The summed E-state index contributed by atoms with van der Waals surface area (Å²) in [6.07, 6.45) is 3.61. The van der Waals surface area contributed by atoms with Gasteiger partial charge in [0.2, 0.25) is 0 Å². The van der Waals surface area contributed by atoms with E-state index in [1.54, 1.807) is 12.1 Å². The number of nitrogens with one attached hydrogen (secondary N) is 1. The van der Waals surface area contributed by atoms with E-state index in [9.17, 15) is 0 Å². The van der Waals surface area contributed by atoms with Crippen LogP contribution in [0.3, 0.4) is 0 Å². The minimum Gasteiger partial charge on any atom is -0.348 e. The number of hydrogen-bond donors (Lipinski definition) is 1. The summed E-state index contributed by atoms with van der Waals surface area (Å²) in [7, 11) is 0. The average Bonchev–Trinajstić information content (AvgIpc) is 2.98. The van der Waals surface area contributed by atoms with Gasteiger partial charge in [-0.1, -0.05) is 65.1 Å². The third kappa shape index (κ3) is 3.46. The Hall–Kier alpha value is -1.48. The largest absolute Gasteiger partial charge is 0.348 e. The number of aromatic nitrogens is 2. The van der Waals surface area contributed by atoms with E-state index in [-0.39, 0.29) is 0 Å². The third-order valence-corrected chi connectivity index (χ3v) is 4.44. The first kappa shape index (κ1) is 15.4. The van der Waals surface area contributed by atoms with Gasteiger partial charge in [0.25, 0.3) is 0 Å². The first-order chi connectivity index (χ1) is 10.6. The van der Waals surface area contributed by atoms with E-state index in [0.717, 1.165) is 29.9 Å². The van der Waals surface area contributed by atoms with Crippen LogP contribution in [0.4, 0.5) is 0 Å². The summed E-state index contributed by atoms with van der Waals surface area (Å²) in [5.41, 5.74) is 2.83. The molecule has 0 unspecified atom stereocenters. The Morgan fingerprint density at radius 2 is 1.59 bits per heavy atom. The van der Waals surface area contributed by atoms with E-state index < -0.39 is 0 Å². The summed E-state index contributed by atoms with van der Waals surface area (Å²) < 4.78 is 0. The quantitative estimate of drug-likeness (QED) is 0.589. The first-order valence-corrected chi connectivity index (χ1v) is 8.00. The second-order valence-corrected chi connectivity index (χ2v) is 6.19. The molecule has 0 saturated heterocycles. The van der Waals surface area contributed by atoms with Crippen molar-refractivity contribution >= 4 is 34.8 Å². The molecule has 0 atom stereocenters. The molecule has 0 fully saturated rings. The van der Waals surface area contributed by atoms with Crippen LogP contribution >= 0.6 is 34.8 Å². The SMILES string of the molecule is Clc1cc(Cl)c(-c2c[nH]c(CCc3ccccc3)n2)cc1Cl. The fraction of sp³-hybridized carbons (Fsp3) is 0.118. The second kappa shape index (κ2) is 6.74. The molecule has 2 nitrogen and oxygen atoms in total. The van der Waals surface area contributed by atoms with Crippen molar-refractivity contribution in [2.45, 2.75) is 12.8 Å². The van der Waals surface area contributed by atoms with Crippen LogP contribution in [0.5, 0.6) is 0 Å². The van der Waals surface area contributed by atoms with Gasteiger partial charge in [-0.25, -0.2) is 4.98 Å². The fourth-order valence-electron chi connectivity index (χ4n) is 2.25. The molecule has 1 N–H and O–H groups in total. The molecule has 1 aromatic heterocycles. The second-order valence-electron chi connectivity index (χ2n) is 4.96. The lowest BCUT2D eigenvalue weighted by molar-refractivity contribution is 0.885. The summed E-state index contributed by atoms with van der Waals surface area (Å²) in [6.45, 7) is 0. The molecule has 0 aliphatic heterocycles. The molecule has 0 saturated carbocycles. The molecule has 5 heteroatoms. The maximum atomic E-state index is 6.22. The number of nitrogens with zero attached hydrogens (tertiary/aromatic N) is 1. The van der Waals surface area contributed by atoms with Crippen molar-refractivity contribution in [1.29, 1.82) is 0 Å². The van der Waals surface area contributed by atoms with Gasteiger partial charge in [-0.15, -0.1) is 0 Å². The molecule has 22 heavy (non-hydrogen) atoms. The zero-order chi connectivity index (χ0) is 15.5. The molecule has 0 aliphatic carbocycles. The number of hydrogen-bond acceptors (Lipinski definition) is 1. The highest BCUT2D eigenvalue weighted by Crippen LogP contribution is 2.34. The Kier molecular flexibility index (Phi) is 4.72. The maximum absolute atomic E-state index is 6.22. The molecule has 1 heterocycles. The van der Waals surface area contributed by atoms with Gasteiger partial charge in [0.05, 0.1) is 20.8 Å². The Morgan fingerprint density at radius 1 is 0.864 bits per heavy atom. The number of imidazole rings is 1. The molecule has 0 amide bonds. The Bertz CT molecular complexity index is 782. The zero-order valence-corrected chi connectivity index (χ0v) is 13.9. The Labute approximate surface area is 144 Å². The zero-order valence-electron chi connectivity index (χ0n) is 11.6. The molecule has 0 radical (unpaired) electrons. The number of H-pyrrole nitrogens is 1. The topological polar surface area (TPSA) is 28.7 Å². The van der Waals surface area contributed by atoms with E-state index in [4.69, 9.17) is 34.8 Å². The van der Waals surface area contributed by atoms with E-state index in [1.165, 1.54) is 5.56 Å². The van der Waals surface area contributed by atoms with Crippen LogP contribution in [0.2, 0.25) is 15.1 Å².